The molecule has 0 aliphatic rings. The van der Waals surface area contributed by atoms with Gasteiger partial charge in [-0.05, 0) is 43.5 Å². The maximum absolute atomic E-state index is 13.4. The molecule has 0 spiro atoms. The average Bonchev–Trinajstić information content (AvgIpc) is 2.26. The number of ether oxygens (including phenoxy) is 1. The Bertz CT molecular complexity index is 333. The zero-order chi connectivity index (χ0) is 12.0. The van der Waals surface area contributed by atoms with Gasteiger partial charge in [-0.25, -0.2) is 4.39 Å². The van der Waals surface area contributed by atoms with Crippen molar-refractivity contribution in [2.45, 2.75) is 13.0 Å². The number of methoxy groups -OCH3 is 1. The van der Waals surface area contributed by atoms with Crippen LogP contribution in [-0.4, -0.2) is 31.4 Å². The maximum Gasteiger partial charge on any atom is 0.165 e. The molecule has 0 fully saturated rings. The Morgan fingerprint density at radius 3 is 2.75 bits per heavy atom. The molecule has 1 aromatic rings. The van der Waals surface area contributed by atoms with E-state index in [1.54, 1.807) is 6.07 Å². The normalized spacial score (nSPS) is 10.8. The standard InChI is InChI=1S/C12H18FNOS/c1-14(6-3-7-16)9-10-4-5-12(15-2)11(13)8-10/h4-5,8,16H,3,6-7,9H2,1-2H3. The number of rotatable bonds is 6. The zero-order valence-electron chi connectivity index (χ0n) is 9.74. The summed E-state index contributed by atoms with van der Waals surface area (Å²) >= 11 is 4.16. The molecule has 1 rings (SSSR count). The van der Waals surface area contributed by atoms with Crippen LogP contribution in [0, 0.1) is 5.82 Å². The first-order chi connectivity index (χ1) is 7.67. The molecule has 0 N–H and O–H groups in total. The zero-order valence-corrected chi connectivity index (χ0v) is 10.6. The molecule has 0 aliphatic heterocycles. The van der Waals surface area contributed by atoms with Crippen molar-refractivity contribution in [1.29, 1.82) is 0 Å². The topological polar surface area (TPSA) is 12.5 Å². The third-order valence-corrected chi connectivity index (χ3v) is 2.68. The fraction of sp³-hybridized carbons (Fsp3) is 0.500. The van der Waals surface area contributed by atoms with Crippen molar-refractivity contribution < 1.29 is 9.13 Å². The van der Waals surface area contributed by atoms with Crippen molar-refractivity contribution >= 4 is 12.6 Å². The van der Waals surface area contributed by atoms with Crippen molar-refractivity contribution in [3.8, 4) is 5.75 Å². The van der Waals surface area contributed by atoms with Crippen LogP contribution >= 0.6 is 12.6 Å². The van der Waals surface area contributed by atoms with Gasteiger partial charge in [-0.1, -0.05) is 6.07 Å². The Kier molecular flexibility index (Phi) is 5.63. The van der Waals surface area contributed by atoms with Gasteiger partial charge in [0.25, 0.3) is 0 Å². The quantitative estimate of drug-likeness (QED) is 0.771. The van der Waals surface area contributed by atoms with Gasteiger partial charge in [0.05, 0.1) is 7.11 Å². The van der Waals surface area contributed by atoms with Gasteiger partial charge >= 0.3 is 0 Å². The second-order valence-corrected chi connectivity index (χ2v) is 4.23. The molecule has 1 aromatic carbocycles. The van der Waals surface area contributed by atoms with Gasteiger partial charge in [0.1, 0.15) is 0 Å². The first-order valence-electron chi connectivity index (χ1n) is 5.29. The van der Waals surface area contributed by atoms with Gasteiger partial charge < -0.3 is 9.64 Å². The van der Waals surface area contributed by atoms with Gasteiger partial charge in [-0.15, -0.1) is 0 Å². The smallest absolute Gasteiger partial charge is 0.165 e. The van der Waals surface area contributed by atoms with Crippen LogP contribution in [0.5, 0.6) is 5.75 Å². The van der Waals surface area contributed by atoms with Crippen LogP contribution in [0.15, 0.2) is 18.2 Å². The second kappa shape index (κ2) is 6.76. The summed E-state index contributed by atoms with van der Waals surface area (Å²) in [6.45, 7) is 1.71. The van der Waals surface area contributed by atoms with Gasteiger partial charge in [0.2, 0.25) is 0 Å². The summed E-state index contributed by atoms with van der Waals surface area (Å²) in [5.41, 5.74) is 0.958. The largest absolute Gasteiger partial charge is 0.494 e. The highest BCUT2D eigenvalue weighted by atomic mass is 32.1. The van der Waals surface area contributed by atoms with E-state index >= 15 is 0 Å². The third-order valence-electron chi connectivity index (χ3n) is 2.37. The predicted molar refractivity (Wildman–Crippen MR) is 67.8 cm³/mol. The van der Waals surface area contributed by atoms with E-state index in [2.05, 4.69) is 17.5 Å². The van der Waals surface area contributed by atoms with E-state index < -0.39 is 0 Å². The van der Waals surface area contributed by atoms with E-state index in [-0.39, 0.29) is 5.82 Å². The summed E-state index contributed by atoms with van der Waals surface area (Å²) in [5.74, 6) is 0.866. The number of halogens is 1. The maximum atomic E-state index is 13.4. The molecule has 16 heavy (non-hydrogen) atoms. The summed E-state index contributed by atoms with van der Waals surface area (Å²) in [5, 5.41) is 0. The second-order valence-electron chi connectivity index (χ2n) is 3.78. The van der Waals surface area contributed by atoms with E-state index in [0.717, 1.165) is 30.8 Å². The Labute approximate surface area is 102 Å². The first-order valence-corrected chi connectivity index (χ1v) is 5.92. The lowest BCUT2D eigenvalue weighted by Crippen LogP contribution is -2.19. The lowest BCUT2D eigenvalue weighted by atomic mass is 10.2. The van der Waals surface area contributed by atoms with Crippen molar-refractivity contribution in [2.24, 2.45) is 0 Å². The van der Waals surface area contributed by atoms with Gasteiger partial charge in [-0.2, -0.15) is 12.6 Å². The van der Waals surface area contributed by atoms with Gasteiger partial charge in [-0.3, -0.25) is 0 Å². The molecule has 4 heteroatoms. The number of hydrogen-bond donors (Lipinski definition) is 1. The lowest BCUT2D eigenvalue weighted by molar-refractivity contribution is 0.327. The lowest BCUT2D eigenvalue weighted by Gasteiger charge is -2.16. The Morgan fingerprint density at radius 1 is 1.44 bits per heavy atom. The summed E-state index contributed by atoms with van der Waals surface area (Å²) in [4.78, 5) is 2.15. The number of hydrogen-bond acceptors (Lipinski definition) is 3. The first kappa shape index (κ1) is 13.3. The fourth-order valence-corrected chi connectivity index (χ4v) is 1.68. The molecule has 0 amide bonds. The van der Waals surface area contributed by atoms with E-state index in [0.29, 0.717) is 5.75 Å². The molecule has 0 unspecified atom stereocenters. The summed E-state index contributed by atoms with van der Waals surface area (Å²) in [6.07, 6.45) is 1.04. The van der Waals surface area contributed by atoms with Gasteiger partial charge in [0.15, 0.2) is 11.6 Å². The minimum absolute atomic E-state index is 0.293. The SMILES string of the molecule is COc1ccc(CN(C)CCCS)cc1F. The van der Waals surface area contributed by atoms with Gasteiger partial charge in [0, 0.05) is 6.54 Å². The predicted octanol–water partition coefficient (Wildman–Crippen LogP) is 2.59. The minimum atomic E-state index is -0.303. The molecule has 2 nitrogen and oxygen atoms in total. The molecular formula is C12H18FNOS. The number of thiol groups is 1. The highest BCUT2D eigenvalue weighted by molar-refractivity contribution is 7.80. The summed E-state index contributed by atoms with van der Waals surface area (Å²) < 4.78 is 18.3. The fourth-order valence-electron chi connectivity index (χ4n) is 1.54. The van der Waals surface area contributed by atoms with Crippen molar-refractivity contribution in [1.82, 2.24) is 4.90 Å². The Hall–Kier alpha value is -0.740. The molecule has 0 radical (unpaired) electrons. The highest BCUT2D eigenvalue weighted by Crippen LogP contribution is 2.18. The van der Waals surface area contributed by atoms with Crippen LogP contribution in [0.25, 0.3) is 0 Å². The molecule has 0 atom stereocenters. The van der Waals surface area contributed by atoms with Crippen LogP contribution in [-0.2, 0) is 6.54 Å². The van der Waals surface area contributed by atoms with E-state index in [9.17, 15) is 4.39 Å². The molecule has 0 saturated carbocycles. The highest BCUT2D eigenvalue weighted by Gasteiger charge is 2.05. The van der Waals surface area contributed by atoms with Crippen molar-refractivity contribution in [3.63, 3.8) is 0 Å². The molecule has 90 valence electrons. The number of nitrogens with zero attached hydrogens (tertiary/aromatic N) is 1. The Morgan fingerprint density at radius 2 is 2.19 bits per heavy atom. The molecule has 0 aliphatic carbocycles. The molecule has 0 aromatic heterocycles. The molecule has 0 bridgehead atoms. The molecule has 0 heterocycles. The monoisotopic (exact) mass is 243 g/mol. The third kappa shape index (κ3) is 4.02. The minimum Gasteiger partial charge on any atom is -0.494 e. The van der Waals surface area contributed by atoms with Crippen molar-refractivity contribution in [3.05, 3.63) is 29.6 Å². The average molecular weight is 243 g/mol. The molecule has 0 saturated heterocycles. The number of benzene rings is 1. The van der Waals surface area contributed by atoms with Crippen molar-refractivity contribution in [2.75, 3.05) is 26.5 Å². The van der Waals surface area contributed by atoms with Crippen LogP contribution in [0.2, 0.25) is 0 Å². The Balaban J connectivity index is 2.57. The molecular weight excluding hydrogens is 225 g/mol. The summed E-state index contributed by atoms with van der Waals surface area (Å²) in [7, 11) is 3.49. The van der Waals surface area contributed by atoms with Crippen LogP contribution in [0.1, 0.15) is 12.0 Å². The summed E-state index contributed by atoms with van der Waals surface area (Å²) in [6, 6.07) is 5.08. The van der Waals surface area contributed by atoms with E-state index in [4.69, 9.17) is 4.74 Å². The van der Waals surface area contributed by atoms with Crippen LogP contribution in [0.3, 0.4) is 0 Å². The van der Waals surface area contributed by atoms with Crippen LogP contribution < -0.4 is 4.74 Å². The van der Waals surface area contributed by atoms with E-state index in [1.165, 1.54) is 13.2 Å². The van der Waals surface area contributed by atoms with Crippen LogP contribution in [0.4, 0.5) is 4.39 Å². The van der Waals surface area contributed by atoms with E-state index in [1.807, 2.05) is 13.1 Å².